The van der Waals surface area contributed by atoms with Gasteiger partial charge in [0, 0.05) is 5.39 Å². The normalized spacial score (nSPS) is 11.0. The minimum atomic E-state index is 1.13. The number of unbranched alkanes of at least 4 members (excludes halogenated alkanes) is 3. The molecule has 1 aromatic heterocycles. The van der Waals surface area contributed by atoms with E-state index >= 15 is 0 Å². The molecule has 2 nitrogen and oxygen atoms in total. The highest BCUT2D eigenvalue weighted by atomic mass is 15.1. The molecule has 1 heterocycles. The van der Waals surface area contributed by atoms with Gasteiger partial charge in [0.25, 0.3) is 0 Å². The summed E-state index contributed by atoms with van der Waals surface area (Å²) >= 11 is 0. The zero-order valence-electron chi connectivity index (χ0n) is 9.29. The number of fused-ring (bicyclic) bond motifs is 1. The molecule has 15 heavy (non-hydrogen) atoms. The Hall–Kier alpha value is -1.31. The fraction of sp³-hybridized carbons (Fsp3) is 0.462. The molecule has 0 aliphatic heterocycles. The van der Waals surface area contributed by atoms with Gasteiger partial charge < -0.3 is 0 Å². The Balaban J connectivity index is 1.96. The van der Waals surface area contributed by atoms with Crippen molar-refractivity contribution in [3.8, 4) is 0 Å². The van der Waals surface area contributed by atoms with Crippen molar-refractivity contribution >= 4 is 10.9 Å². The number of aromatic nitrogens is 2. The van der Waals surface area contributed by atoms with Gasteiger partial charge in [0.05, 0.1) is 11.7 Å². The fourth-order valence-corrected chi connectivity index (χ4v) is 1.90. The van der Waals surface area contributed by atoms with Crippen LogP contribution in [0.2, 0.25) is 0 Å². The Labute approximate surface area is 90.7 Å². The molecule has 0 unspecified atom stereocenters. The number of hydrogen-bond acceptors (Lipinski definition) is 1. The van der Waals surface area contributed by atoms with Crippen LogP contribution in [-0.4, -0.2) is 10.2 Å². The first-order valence-corrected chi connectivity index (χ1v) is 5.82. The number of benzene rings is 1. The zero-order chi connectivity index (χ0) is 10.5. The lowest BCUT2D eigenvalue weighted by atomic mass is 10.1. The predicted octanol–water partition coefficient (Wildman–Crippen LogP) is 3.69. The molecule has 0 radical (unpaired) electrons. The number of aromatic amines is 1. The molecule has 0 aliphatic rings. The van der Waals surface area contributed by atoms with E-state index in [-0.39, 0.29) is 0 Å². The van der Waals surface area contributed by atoms with Crippen molar-refractivity contribution in [3.05, 3.63) is 30.0 Å². The lowest BCUT2D eigenvalue weighted by Gasteiger charge is -2.01. The molecule has 0 saturated heterocycles. The van der Waals surface area contributed by atoms with Crippen molar-refractivity contribution in [2.24, 2.45) is 0 Å². The third kappa shape index (κ3) is 2.58. The van der Waals surface area contributed by atoms with Crippen molar-refractivity contribution in [1.29, 1.82) is 0 Å². The van der Waals surface area contributed by atoms with E-state index in [1.165, 1.54) is 43.1 Å². The molecule has 0 amide bonds. The highest BCUT2D eigenvalue weighted by Gasteiger charge is 1.97. The van der Waals surface area contributed by atoms with Crippen LogP contribution in [0.1, 0.15) is 38.2 Å². The SMILES string of the molecule is CCCCCCc1ccc2[nH]ncc2c1. The first kappa shape index (κ1) is 10.2. The van der Waals surface area contributed by atoms with Crippen LogP contribution in [0, 0.1) is 0 Å². The molecule has 0 saturated carbocycles. The molecular weight excluding hydrogens is 184 g/mol. The van der Waals surface area contributed by atoms with Crippen molar-refractivity contribution in [2.45, 2.75) is 39.0 Å². The average Bonchev–Trinajstić information content (AvgIpc) is 2.71. The summed E-state index contributed by atoms with van der Waals surface area (Å²) in [5, 5.41) is 8.23. The Kier molecular flexibility index (Phi) is 3.38. The lowest BCUT2D eigenvalue weighted by Crippen LogP contribution is -1.85. The summed E-state index contributed by atoms with van der Waals surface area (Å²) in [4.78, 5) is 0. The van der Waals surface area contributed by atoms with E-state index in [2.05, 4.69) is 35.3 Å². The molecular formula is C13H18N2. The fourth-order valence-electron chi connectivity index (χ4n) is 1.90. The summed E-state index contributed by atoms with van der Waals surface area (Å²) in [6, 6.07) is 6.56. The van der Waals surface area contributed by atoms with Gasteiger partial charge >= 0.3 is 0 Å². The van der Waals surface area contributed by atoms with Gasteiger partial charge in [0.15, 0.2) is 0 Å². The van der Waals surface area contributed by atoms with Crippen LogP contribution in [0.5, 0.6) is 0 Å². The van der Waals surface area contributed by atoms with Crippen molar-refractivity contribution < 1.29 is 0 Å². The Morgan fingerprint density at radius 3 is 3.00 bits per heavy atom. The van der Waals surface area contributed by atoms with E-state index in [4.69, 9.17) is 0 Å². The van der Waals surface area contributed by atoms with Gasteiger partial charge in [-0.05, 0) is 30.5 Å². The average molecular weight is 202 g/mol. The molecule has 0 aliphatic carbocycles. The van der Waals surface area contributed by atoms with Crippen LogP contribution in [-0.2, 0) is 6.42 Å². The third-order valence-corrected chi connectivity index (χ3v) is 2.82. The molecule has 2 aromatic rings. The maximum atomic E-state index is 4.03. The van der Waals surface area contributed by atoms with Gasteiger partial charge in [-0.3, -0.25) is 5.10 Å². The second kappa shape index (κ2) is 4.96. The van der Waals surface area contributed by atoms with E-state index in [9.17, 15) is 0 Å². The zero-order valence-corrected chi connectivity index (χ0v) is 9.29. The molecule has 1 N–H and O–H groups in total. The van der Waals surface area contributed by atoms with Crippen molar-refractivity contribution in [1.82, 2.24) is 10.2 Å². The predicted molar refractivity (Wildman–Crippen MR) is 63.9 cm³/mol. The summed E-state index contributed by atoms with van der Waals surface area (Å²) in [7, 11) is 0. The third-order valence-electron chi connectivity index (χ3n) is 2.82. The highest BCUT2D eigenvalue weighted by molar-refractivity contribution is 5.78. The number of H-pyrrole nitrogens is 1. The number of aryl methyl sites for hydroxylation is 1. The monoisotopic (exact) mass is 202 g/mol. The molecule has 0 atom stereocenters. The topological polar surface area (TPSA) is 28.7 Å². The largest absolute Gasteiger partial charge is 0.278 e. The highest BCUT2D eigenvalue weighted by Crippen LogP contribution is 2.15. The number of nitrogens with zero attached hydrogens (tertiary/aromatic N) is 1. The summed E-state index contributed by atoms with van der Waals surface area (Å²) in [6.45, 7) is 2.25. The van der Waals surface area contributed by atoms with Crippen molar-refractivity contribution in [2.75, 3.05) is 0 Å². The van der Waals surface area contributed by atoms with E-state index in [0.717, 1.165) is 5.52 Å². The first-order chi connectivity index (χ1) is 7.40. The maximum absolute atomic E-state index is 4.03. The summed E-state index contributed by atoms with van der Waals surface area (Å²) in [6.07, 6.45) is 8.40. The van der Waals surface area contributed by atoms with Crippen LogP contribution in [0.4, 0.5) is 0 Å². The molecule has 0 bridgehead atoms. The number of rotatable bonds is 5. The molecule has 1 aromatic carbocycles. The first-order valence-electron chi connectivity index (χ1n) is 5.82. The van der Waals surface area contributed by atoms with E-state index in [0.29, 0.717) is 0 Å². The second-order valence-electron chi connectivity index (χ2n) is 4.10. The van der Waals surface area contributed by atoms with E-state index in [1.54, 1.807) is 0 Å². The van der Waals surface area contributed by atoms with Gasteiger partial charge in [-0.1, -0.05) is 32.3 Å². The minimum Gasteiger partial charge on any atom is -0.278 e. The molecule has 2 rings (SSSR count). The molecule has 2 heteroatoms. The smallest absolute Gasteiger partial charge is 0.0650 e. The van der Waals surface area contributed by atoms with Crippen LogP contribution >= 0.6 is 0 Å². The summed E-state index contributed by atoms with van der Waals surface area (Å²) < 4.78 is 0. The summed E-state index contributed by atoms with van der Waals surface area (Å²) in [5.41, 5.74) is 2.56. The molecule has 0 spiro atoms. The van der Waals surface area contributed by atoms with Gasteiger partial charge in [-0.2, -0.15) is 5.10 Å². The Bertz CT molecular complexity index is 417. The van der Waals surface area contributed by atoms with Gasteiger partial charge in [0.1, 0.15) is 0 Å². The molecule has 80 valence electrons. The van der Waals surface area contributed by atoms with Crippen LogP contribution in [0.25, 0.3) is 10.9 Å². The second-order valence-corrected chi connectivity index (χ2v) is 4.10. The van der Waals surface area contributed by atoms with Crippen LogP contribution in [0.15, 0.2) is 24.4 Å². The molecule has 0 fully saturated rings. The van der Waals surface area contributed by atoms with E-state index in [1.807, 2.05) is 6.20 Å². The van der Waals surface area contributed by atoms with Crippen LogP contribution < -0.4 is 0 Å². The number of hydrogen-bond donors (Lipinski definition) is 1. The number of nitrogens with one attached hydrogen (secondary N) is 1. The lowest BCUT2D eigenvalue weighted by molar-refractivity contribution is 0.667. The minimum absolute atomic E-state index is 1.13. The summed E-state index contributed by atoms with van der Waals surface area (Å²) in [5.74, 6) is 0. The van der Waals surface area contributed by atoms with Crippen LogP contribution in [0.3, 0.4) is 0 Å². The quantitative estimate of drug-likeness (QED) is 0.736. The Morgan fingerprint density at radius 1 is 1.20 bits per heavy atom. The Morgan fingerprint density at radius 2 is 2.13 bits per heavy atom. The van der Waals surface area contributed by atoms with Crippen molar-refractivity contribution in [3.63, 3.8) is 0 Å². The van der Waals surface area contributed by atoms with Gasteiger partial charge in [-0.15, -0.1) is 0 Å². The standard InChI is InChI=1S/C13H18N2/c1-2-3-4-5-6-11-7-8-13-12(9-11)10-14-15-13/h7-10H,2-6H2,1H3,(H,14,15). The maximum Gasteiger partial charge on any atom is 0.0650 e. The van der Waals surface area contributed by atoms with Gasteiger partial charge in [0.2, 0.25) is 0 Å². The van der Waals surface area contributed by atoms with Gasteiger partial charge in [-0.25, -0.2) is 0 Å². The van der Waals surface area contributed by atoms with E-state index < -0.39 is 0 Å².